The summed E-state index contributed by atoms with van der Waals surface area (Å²) in [6.07, 6.45) is 0. The normalized spacial score (nSPS) is 11.2. The highest BCUT2D eigenvalue weighted by molar-refractivity contribution is 7.11. The fourth-order valence-electron chi connectivity index (χ4n) is 2.06. The molecule has 0 bridgehead atoms. The first-order valence-electron chi connectivity index (χ1n) is 7.09. The van der Waals surface area contributed by atoms with Gasteiger partial charge in [-0.3, -0.25) is 4.99 Å². The van der Waals surface area contributed by atoms with Crippen molar-refractivity contribution in [2.45, 2.75) is 26.9 Å². The number of thiazole rings is 1. The summed E-state index contributed by atoms with van der Waals surface area (Å²) in [5.41, 5.74) is 1.80. The molecule has 120 valence electrons. The van der Waals surface area contributed by atoms with Crippen molar-refractivity contribution in [3.63, 3.8) is 0 Å². The summed E-state index contributed by atoms with van der Waals surface area (Å²) in [5.74, 6) is 0.181. The van der Waals surface area contributed by atoms with Gasteiger partial charge in [-0.1, -0.05) is 6.07 Å². The maximum Gasteiger partial charge on any atom is 0.191 e. The van der Waals surface area contributed by atoms with Gasteiger partial charge in [-0.2, -0.15) is 5.26 Å². The van der Waals surface area contributed by atoms with Crippen molar-refractivity contribution in [2.75, 3.05) is 7.05 Å². The van der Waals surface area contributed by atoms with Gasteiger partial charge in [0.1, 0.15) is 5.82 Å². The van der Waals surface area contributed by atoms with Crippen molar-refractivity contribution in [2.24, 2.45) is 4.99 Å². The Hall–Kier alpha value is -2.46. The standard InChI is InChI=1S/C16H18FN5S/c1-10-15(23-11(2)22-10)9-21-16(19-3)20-8-13-5-4-12(7-18)6-14(13)17/h4-6H,8-9H2,1-3H3,(H2,19,20,21). The molecule has 0 aliphatic carbocycles. The molecule has 0 unspecified atom stereocenters. The van der Waals surface area contributed by atoms with Gasteiger partial charge in [0.05, 0.1) is 28.9 Å². The second kappa shape index (κ2) is 7.70. The van der Waals surface area contributed by atoms with E-state index in [4.69, 9.17) is 5.26 Å². The molecule has 0 saturated carbocycles. The molecule has 7 heteroatoms. The van der Waals surface area contributed by atoms with Crippen LogP contribution in [0.5, 0.6) is 0 Å². The molecule has 2 aromatic rings. The fraction of sp³-hybridized carbons (Fsp3) is 0.312. The summed E-state index contributed by atoms with van der Waals surface area (Å²) in [7, 11) is 1.66. The van der Waals surface area contributed by atoms with Crippen LogP contribution in [0.2, 0.25) is 0 Å². The Bertz CT molecular complexity index is 760. The Morgan fingerprint density at radius 1 is 1.35 bits per heavy atom. The Kier molecular flexibility index (Phi) is 5.66. The van der Waals surface area contributed by atoms with Gasteiger partial charge in [-0.05, 0) is 26.0 Å². The highest BCUT2D eigenvalue weighted by Gasteiger charge is 2.07. The topological polar surface area (TPSA) is 73.1 Å². The van der Waals surface area contributed by atoms with Crippen molar-refractivity contribution in [3.8, 4) is 6.07 Å². The molecule has 2 N–H and O–H groups in total. The quantitative estimate of drug-likeness (QED) is 0.667. The summed E-state index contributed by atoms with van der Waals surface area (Å²) >= 11 is 1.64. The maximum atomic E-state index is 13.8. The Morgan fingerprint density at radius 2 is 2.09 bits per heavy atom. The van der Waals surface area contributed by atoms with E-state index in [2.05, 4.69) is 20.6 Å². The molecule has 0 saturated heterocycles. The number of nitrogens with one attached hydrogen (secondary N) is 2. The first-order valence-corrected chi connectivity index (χ1v) is 7.91. The number of nitrogens with zero attached hydrogens (tertiary/aromatic N) is 3. The van der Waals surface area contributed by atoms with E-state index in [1.54, 1.807) is 30.5 Å². The van der Waals surface area contributed by atoms with Crippen molar-refractivity contribution in [1.29, 1.82) is 5.26 Å². The number of rotatable bonds is 4. The number of nitriles is 1. The highest BCUT2D eigenvalue weighted by atomic mass is 32.1. The SMILES string of the molecule is CN=C(NCc1ccc(C#N)cc1F)NCc1sc(C)nc1C. The van der Waals surface area contributed by atoms with Gasteiger partial charge in [0.2, 0.25) is 0 Å². The van der Waals surface area contributed by atoms with E-state index < -0.39 is 5.82 Å². The van der Waals surface area contributed by atoms with Crippen LogP contribution < -0.4 is 10.6 Å². The third kappa shape index (κ3) is 4.50. The second-order valence-electron chi connectivity index (χ2n) is 4.94. The van der Waals surface area contributed by atoms with Crippen LogP contribution in [-0.2, 0) is 13.1 Å². The smallest absolute Gasteiger partial charge is 0.191 e. The predicted octanol–water partition coefficient (Wildman–Crippen LogP) is 2.64. The fourth-order valence-corrected chi connectivity index (χ4v) is 2.94. The molecule has 1 aromatic carbocycles. The van der Waals surface area contributed by atoms with Gasteiger partial charge in [0.15, 0.2) is 5.96 Å². The average Bonchev–Trinajstić information content (AvgIpc) is 2.86. The van der Waals surface area contributed by atoms with Gasteiger partial charge >= 0.3 is 0 Å². The Morgan fingerprint density at radius 3 is 2.65 bits per heavy atom. The van der Waals surface area contributed by atoms with Crippen LogP contribution in [0, 0.1) is 31.0 Å². The summed E-state index contributed by atoms with van der Waals surface area (Å²) in [5, 5.41) is 16.0. The lowest BCUT2D eigenvalue weighted by Gasteiger charge is -2.12. The van der Waals surface area contributed by atoms with E-state index in [-0.39, 0.29) is 6.54 Å². The van der Waals surface area contributed by atoms with Crippen LogP contribution in [0.15, 0.2) is 23.2 Å². The first kappa shape index (κ1) is 16.9. The molecular formula is C16H18FN5S. The molecule has 23 heavy (non-hydrogen) atoms. The minimum absolute atomic E-state index is 0.290. The lowest BCUT2D eigenvalue weighted by Crippen LogP contribution is -2.36. The van der Waals surface area contributed by atoms with Crippen LogP contribution in [0.3, 0.4) is 0 Å². The third-order valence-corrected chi connectivity index (χ3v) is 4.34. The summed E-state index contributed by atoms with van der Waals surface area (Å²) in [4.78, 5) is 9.65. The van der Waals surface area contributed by atoms with E-state index in [0.717, 1.165) is 15.6 Å². The largest absolute Gasteiger partial charge is 0.352 e. The number of hydrogen-bond donors (Lipinski definition) is 2. The predicted molar refractivity (Wildman–Crippen MR) is 89.7 cm³/mol. The molecule has 0 amide bonds. The van der Waals surface area contributed by atoms with E-state index in [1.807, 2.05) is 19.9 Å². The van der Waals surface area contributed by atoms with Crippen molar-refractivity contribution >= 4 is 17.3 Å². The van der Waals surface area contributed by atoms with E-state index in [1.165, 1.54) is 6.07 Å². The zero-order chi connectivity index (χ0) is 16.8. The molecule has 0 fully saturated rings. The van der Waals surface area contributed by atoms with Crippen LogP contribution in [0.1, 0.15) is 26.7 Å². The van der Waals surface area contributed by atoms with Crippen molar-refractivity contribution in [1.82, 2.24) is 15.6 Å². The average molecular weight is 331 g/mol. The van der Waals surface area contributed by atoms with Gasteiger partial charge < -0.3 is 10.6 Å². The lowest BCUT2D eigenvalue weighted by atomic mass is 10.1. The molecule has 0 aliphatic rings. The number of aryl methyl sites for hydroxylation is 2. The molecule has 0 radical (unpaired) electrons. The Labute approximate surface area is 138 Å². The zero-order valence-electron chi connectivity index (χ0n) is 13.3. The molecule has 2 rings (SSSR count). The van der Waals surface area contributed by atoms with E-state index in [9.17, 15) is 4.39 Å². The molecule has 0 aliphatic heterocycles. The van der Waals surface area contributed by atoms with E-state index >= 15 is 0 Å². The summed E-state index contributed by atoms with van der Waals surface area (Å²) in [6.45, 7) is 4.86. The van der Waals surface area contributed by atoms with Crippen molar-refractivity contribution < 1.29 is 4.39 Å². The minimum atomic E-state index is -0.402. The van der Waals surface area contributed by atoms with Crippen molar-refractivity contribution in [3.05, 3.63) is 50.7 Å². The number of aromatic nitrogens is 1. The zero-order valence-corrected chi connectivity index (χ0v) is 14.1. The summed E-state index contributed by atoms with van der Waals surface area (Å²) < 4.78 is 13.8. The van der Waals surface area contributed by atoms with Crippen LogP contribution in [0.4, 0.5) is 4.39 Å². The maximum absolute atomic E-state index is 13.8. The monoisotopic (exact) mass is 331 g/mol. The van der Waals surface area contributed by atoms with E-state index in [0.29, 0.717) is 23.6 Å². The molecular weight excluding hydrogens is 313 g/mol. The van der Waals surface area contributed by atoms with Gasteiger partial charge in [-0.15, -0.1) is 11.3 Å². The second-order valence-corrected chi connectivity index (χ2v) is 6.23. The number of benzene rings is 1. The van der Waals surface area contributed by atoms with Crippen LogP contribution in [-0.4, -0.2) is 18.0 Å². The molecule has 1 aromatic heterocycles. The third-order valence-electron chi connectivity index (χ3n) is 3.27. The minimum Gasteiger partial charge on any atom is -0.352 e. The van der Waals surface area contributed by atoms with Gasteiger partial charge in [0, 0.05) is 24.0 Å². The number of guanidine groups is 1. The molecule has 5 nitrogen and oxygen atoms in total. The Balaban J connectivity index is 1.93. The highest BCUT2D eigenvalue weighted by Crippen LogP contribution is 2.16. The first-order chi connectivity index (χ1) is 11.0. The summed E-state index contributed by atoms with van der Waals surface area (Å²) in [6, 6.07) is 6.35. The number of aliphatic imine (C=N–C) groups is 1. The van der Waals surface area contributed by atoms with Gasteiger partial charge in [0.25, 0.3) is 0 Å². The van der Waals surface area contributed by atoms with Gasteiger partial charge in [-0.25, -0.2) is 9.37 Å². The van der Waals surface area contributed by atoms with Crippen LogP contribution in [0.25, 0.3) is 0 Å². The number of hydrogen-bond acceptors (Lipinski definition) is 4. The molecule has 0 atom stereocenters. The lowest BCUT2D eigenvalue weighted by molar-refractivity contribution is 0.604. The number of halogens is 1. The molecule has 1 heterocycles. The molecule has 0 spiro atoms. The van der Waals surface area contributed by atoms with Crippen LogP contribution >= 0.6 is 11.3 Å².